The zero-order valence-corrected chi connectivity index (χ0v) is 19.7. The molecule has 2 amide bonds. The Balaban J connectivity index is 2.34. The van der Waals surface area contributed by atoms with Gasteiger partial charge in [0, 0.05) is 13.6 Å². The van der Waals surface area contributed by atoms with Crippen LogP contribution in [0.2, 0.25) is 0 Å². The highest BCUT2D eigenvalue weighted by Gasteiger charge is 2.29. The molecule has 0 spiro atoms. The molecule has 0 saturated heterocycles. The number of methoxy groups -OCH3 is 2. The van der Waals surface area contributed by atoms with E-state index in [0.717, 1.165) is 16.1 Å². The van der Waals surface area contributed by atoms with Crippen LogP contribution in [0.3, 0.4) is 0 Å². The van der Waals surface area contributed by atoms with Crippen LogP contribution in [0, 0.1) is 0 Å². The third-order valence-electron chi connectivity index (χ3n) is 4.97. The van der Waals surface area contributed by atoms with Crippen molar-refractivity contribution in [3.8, 4) is 11.5 Å². The van der Waals surface area contributed by atoms with Gasteiger partial charge in [0.05, 0.1) is 26.2 Å². The SMILES string of the molecule is CNC(=O)[C@H](C)N(Cc1ccc(OC)cc1)C(=O)CN(c1ccc(OC)cc1)S(C)(=O)=O. The largest absolute Gasteiger partial charge is 0.497 e. The smallest absolute Gasteiger partial charge is 0.244 e. The number of anilines is 1. The molecule has 174 valence electrons. The Morgan fingerprint density at radius 3 is 1.91 bits per heavy atom. The first-order valence-corrected chi connectivity index (χ1v) is 11.7. The number of nitrogens with one attached hydrogen (secondary N) is 1. The lowest BCUT2D eigenvalue weighted by Crippen LogP contribution is -2.50. The molecule has 0 unspecified atom stereocenters. The molecule has 0 aliphatic rings. The van der Waals surface area contributed by atoms with Gasteiger partial charge >= 0.3 is 0 Å². The summed E-state index contributed by atoms with van der Waals surface area (Å²) in [5.41, 5.74) is 1.09. The van der Waals surface area contributed by atoms with Crippen molar-refractivity contribution in [1.82, 2.24) is 10.2 Å². The zero-order valence-electron chi connectivity index (χ0n) is 18.9. The molecule has 0 radical (unpaired) electrons. The number of nitrogens with zero attached hydrogens (tertiary/aromatic N) is 2. The number of carbonyl (C=O) groups excluding carboxylic acids is 2. The number of likely N-dealkylation sites (N-methyl/N-ethyl adjacent to an activating group) is 1. The maximum Gasteiger partial charge on any atom is 0.244 e. The highest BCUT2D eigenvalue weighted by atomic mass is 32.2. The van der Waals surface area contributed by atoms with Crippen molar-refractivity contribution in [3.05, 3.63) is 54.1 Å². The molecule has 0 saturated carbocycles. The fraction of sp³-hybridized carbons (Fsp3) is 0.364. The Bertz CT molecular complexity index is 1020. The number of rotatable bonds is 10. The number of ether oxygens (including phenoxy) is 2. The van der Waals surface area contributed by atoms with Gasteiger partial charge in [0.2, 0.25) is 21.8 Å². The number of hydrogen-bond acceptors (Lipinski definition) is 6. The summed E-state index contributed by atoms with van der Waals surface area (Å²) in [5, 5.41) is 2.53. The van der Waals surface area contributed by atoms with Gasteiger partial charge in [-0.1, -0.05) is 12.1 Å². The summed E-state index contributed by atoms with van der Waals surface area (Å²) < 4.78 is 36.2. The fourth-order valence-corrected chi connectivity index (χ4v) is 3.93. The number of benzene rings is 2. The van der Waals surface area contributed by atoms with Crippen LogP contribution in [0.15, 0.2) is 48.5 Å². The van der Waals surface area contributed by atoms with Crippen LogP contribution >= 0.6 is 0 Å². The highest BCUT2D eigenvalue weighted by molar-refractivity contribution is 7.92. The second-order valence-corrected chi connectivity index (χ2v) is 9.03. The first-order chi connectivity index (χ1) is 15.1. The lowest BCUT2D eigenvalue weighted by molar-refractivity contribution is -0.139. The van der Waals surface area contributed by atoms with E-state index in [2.05, 4.69) is 5.32 Å². The van der Waals surface area contributed by atoms with Gasteiger partial charge in [-0.2, -0.15) is 0 Å². The molecule has 2 aromatic carbocycles. The third kappa shape index (κ3) is 6.36. The summed E-state index contributed by atoms with van der Waals surface area (Å²) in [6.45, 7) is 1.26. The first kappa shape index (κ1) is 25.0. The van der Waals surface area contributed by atoms with E-state index in [0.29, 0.717) is 17.2 Å². The zero-order chi connectivity index (χ0) is 23.9. The normalized spacial score (nSPS) is 11.9. The molecule has 9 nitrogen and oxygen atoms in total. The minimum absolute atomic E-state index is 0.123. The molecule has 32 heavy (non-hydrogen) atoms. The van der Waals surface area contributed by atoms with Crippen LogP contribution < -0.4 is 19.1 Å². The van der Waals surface area contributed by atoms with Crippen molar-refractivity contribution in [3.63, 3.8) is 0 Å². The van der Waals surface area contributed by atoms with E-state index in [-0.39, 0.29) is 12.5 Å². The van der Waals surface area contributed by atoms with Gasteiger partial charge < -0.3 is 19.7 Å². The Morgan fingerprint density at radius 1 is 0.969 bits per heavy atom. The minimum atomic E-state index is -3.77. The lowest BCUT2D eigenvalue weighted by atomic mass is 10.1. The standard InChI is InChI=1S/C22H29N3O6S/c1-16(22(27)23-2)24(14-17-6-10-19(30-3)11-7-17)21(26)15-25(32(5,28)29)18-8-12-20(31-4)13-9-18/h6-13,16H,14-15H2,1-5H3,(H,23,27)/t16-/m0/s1. The van der Waals surface area contributed by atoms with E-state index in [4.69, 9.17) is 9.47 Å². The predicted octanol–water partition coefficient (Wildman–Crippen LogP) is 1.63. The molecule has 1 N–H and O–H groups in total. The average Bonchev–Trinajstić information content (AvgIpc) is 2.79. The van der Waals surface area contributed by atoms with Crippen LogP contribution in [-0.2, 0) is 26.2 Å². The summed E-state index contributed by atoms with van der Waals surface area (Å²) in [6, 6.07) is 12.6. The van der Waals surface area contributed by atoms with Crippen LogP contribution in [-0.4, -0.2) is 65.2 Å². The van der Waals surface area contributed by atoms with Crippen molar-refractivity contribution in [1.29, 1.82) is 0 Å². The summed E-state index contributed by atoms with van der Waals surface area (Å²) in [7, 11) is 0.767. The Kier molecular flexibility index (Phi) is 8.48. The summed E-state index contributed by atoms with van der Waals surface area (Å²) in [5.74, 6) is 0.344. The topological polar surface area (TPSA) is 105 Å². The van der Waals surface area contributed by atoms with Gasteiger partial charge in [-0.25, -0.2) is 8.42 Å². The number of amides is 2. The van der Waals surface area contributed by atoms with Crippen molar-refractivity contribution in [2.75, 3.05) is 38.4 Å². The van der Waals surface area contributed by atoms with Gasteiger partial charge in [0.25, 0.3) is 0 Å². The number of carbonyl (C=O) groups is 2. The molecule has 0 heterocycles. The molecule has 0 aliphatic carbocycles. The molecule has 2 aromatic rings. The van der Waals surface area contributed by atoms with Crippen molar-refractivity contribution in [2.45, 2.75) is 19.5 Å². The van der Waals surface area contributed by atoms with E-state index in [9.17, 15) is 18.0 Å². The van der Waals surface area contributed by atoms with Gasteiger partial charge in [0.1, 0.15) is 24.1 Å². The quantitative estimate of drug-likeness (QED) is 0.574. The average molecular weight is 464 g/mol. The predicted molar refractivity (Wildman–Crippen MR) is 122 cm³/mol. The van der Waals surface area contributed by atoms with Crippen LogP contribution in [0.1, 0.15) is 12.5 Å². The van der Waals surface area contributed by atoms with Crippen molar-refractivity contribution < 1.29 is 27.5 Å². The molecule has 0 bridgehead atoms. The molecule has 0 aromatic heterocycles. The Hall–Kier alpha value is -3.27. The van der Waals surface area contributed by atoms with E-state index < -0.39 is 28.5 Å². The number of sulfonamides is 1. The van der Waals surface area contributed by atoms with Crippen molar-refractivity contribution in [2.24, 2.45) is 0 Å². The van der Waals surface area contributed by atoms with Gasteiger partial charge in [0.15, 0.2) is 0 Å². The second-order valence-electron chi connectivity index (χ2n) is 7.13. The van der Waals surface area contributed by atoms with Gasteiger partial charge in [-0.15, -0.1) is 0 Å². The van der Waals surface area contributed by atoms with Gasteiger partial charge in [-0.3, -0.25) is 13.9 Å². The summed E-state index contributed by atoms with van der Waals surface area (Å²) >= 11 is 0. The maximum atomic E-state index is 13.3. The number of hydrogen-bond donors (Lipinski definition) is 1. The van der Waals surface area contributed by atoms with Gasteiger partial charge in [-0.05, 0) is 48.9 Å². The van der Waals surface area contributed by atoms with E-state index in [1.807, 2.05) is 0 Å². The first-order valence-electron chi connectivity index (χ1n) is 9.86. The Morgan fingerprint density at radius 2 is 1.47 bits per heavy atom. The van der Waals surface area contributed by atoms with E-state index in [1.54, 1.807) is 62.6 Å². The molecule has 1 atom stereocenters. The van der Waals surface area contributed by atoms with Crippen LogP contribution in [0.5, 0.6) is 11.5 Å². The van der Waals surface area contributed by atoms with Crippen LogP contribution in [0.4, 0.5) is 5.69 Å². The monoisotopic (exact) mass is 463 g/mol. The lowest BCUT2D eigenvalue weighted by Gasteiger charge is -2.31. The summed E-state index contributed by atoms with van der Waals surface area (Å²) in [4.78, 5) is 26.9. The fourth-order valence-electron chi connectivity index (χ4n) is 3.08. The van der Waals surface area contributed by atoms with E-state index >= 15 is 0 Å². The molecule has 0 aliphatic heterocycles. The molecular formula is C22H29N3O6S. The van der Waals surface area contributed by atoms with E-state index in [1.165, 1.54) is 19.1 Å². The molecular weight excluding hydrogens is 434 g/mol. The maximum absolute atomic E-state index is 13.3. The highest BCUT2D eigenvalue weighted by Crippen LogP contribution is 2.22. The third-order valence-corrected chi connectivity index (χ3v) is 6.11. The van der Waals surface area contributed by atoms with Crippen molar-refractivity contribution >= 4 is 27.5 Å². The summed E-state index contributed by atoms with van der Waals surface area (Å²) in [6.07, 6.45) is 1.03. The molecule has 0 fully saturated rings. The molecule has 10 heteroatoms. The Labute approximate surface area is 189 Å². The molecule has 2 rings (SSSR count). The second kappa shape index (κ2) is 10.9. The minimum Gasteiger partial charge on any atom is -0.497 e. The van der Waals surface area contributed by atoms with Crippen LogP contribution in [0.25, 0.3) is 0 Å².